The molecule has 0 saturated carbocycles. The van der Waals surface area contributed by atoms with Gasteiger partial charge in [-0.2, -0.15) is 0 Å². The lowest BCUT2D eigenvalue weighted by molar-refractivity contribution is 0.102. The second kappa shape index (κ2) is 7.58. The standard InChI is InChI=1S/C19H22ClNO3/c1-11(2)24-18-16(20)9-14(10-17(18)23-5)19(22)21-15-7-6-12(3)13(4)8-15/h6-11H,1-5H3,(H,21,22). The number of hydrogen-bond donors (Lipinski definition) is 1. The lowest BCUT2D eigenvalue weighted by atomic mass is 10.1. The Morgan fingerprint density at radius 1 is 1.12 bits per heavy atom. The molecule has 0 saturated heterocycles. The van der Waals surface area contributed by atoms with Gasteiger partial charge in [-0.25, -0.2) is 0 Å². The molecule has 4 nitrogen and oxygen atoms in total. The maximum Gasteiger partial charge on any atom is 0.255 e. The minimum atomic E-state index is -0.255. The van der Waals surface area contributed by atoms with Crippen molar-refractivity contribution >= 4 is 23.2 Å². The van der Waals surface area contributed by atoms with E-state index in [1.165, 1.54) is 12.7 Å². The third-order valence-electron chi connectivity index (χ3n) is 3.61. The number of aryl methyl sites for hydroxylation is 2. The van der Waals surface area contributed by atoms with Crippen LogP contribution in [0.15, 0.2) is 30.3 Å². The van der Waals surface area contributed by atoms with Crippen LogP contribution in [0.25, 0.3) is 0 Å². The van der Waals surface area contributed by atoms with Crippen molar-refractivity contribution in [3.63, 3.8) is 0 Å². The quantitative estimate of drug-likeness (QED) is 0.827. The van der Waals surface area contributed by atoms with Gasteiger partial charge >= 0.3 is 0 Å². The summed E-state index contributed by atoms with van der Waals surface area (Å²) < 4.78 is 11.0. The molecular weight excluding hydrogens is 326 g/mol. The molecule has 128 valence electrons. The molecule has 24 heavy (non-hydrogen) atoms. The van der Waals surface area contributed by atoms with Gasteiger partial charge in [0.25, 0.3) is 5.91 Å². The maximum absolute atomic E-state index is 12.5. The summed E-state index contributed by atoms with van der Waals surface area (Å²) in [5.41, 5.74) is 3.43. The molecule has 0 atom stereocenters. The van der Waals surface area contributed by atoms with Gasteiger partial charge in [0, 0.05) is 11.3 Å². The fraction of sp³-hybridized carbons (Fsp3) is 0.316. The molecule has 0 spiro atoms. The van der Waals surface area contributed by atoms with Gasteiger partial charge in [-0.05, 0) is 63.1 Å². The molecule has 0 heterocycles. The number of anilines is 1. The van der Waals surface area contributed by atoms with Gasteiger partial charge in [0.1, 0.15) is 0 Å². The monoisotopic (exact) mass is 347 g/mol. The zero-order valence-electron chi connectivity index (χ0n) is 14.6. The molecule has 1 N–H and O–H groups in total. The highest BCUT2D eigenvalue weighted by atomic mass is 35.5. The summed E-state index contributed by atoms with van der Waals surface area (Å²) in [6.45, 7) is 7.83. The summed E-state index contributed by atoms with van der Waals surface area (Å²) >= 11 is 6.27. The lowest BCUT2D eigenvalue weighted by Gasteiger charge is -2.16. The molecule has 5 heteroatoms. The number of halogens is 1. The van der Waals surface area contributed by atoms with Gasteiger partial charge < -0.3 is 14.8 Å². The van der Waals surface area contributed by atoms with Crippen LogP contribution in [0.4, 0.5) is 5.69 Å². The molecule has 0 fully saturated rings. The van der Waals surface area contributed by atoms with Crippen molar-refractivity contribution in [3.8, 4) is 11.5 Å². The van der Waals surface area contributed by atoms with Crippen molar-refractivity contribution in [3.05, 3.63) is 52.0 Å². The summed E-state index contributed by atoms with van der Waals surface area (Å²) in [7, 11) is 1.52. The molecule has 0 radical (unpaired) electrons. The second-order valence-electron chi connectivity index (χ2n) is 5.91. The van der Waals surface area contributed by atoms with E-state index in [0.717, 1.165) is 11.3 Å². The first-order valence-corrected chi connectivity index (χ1v) is 8.12. The number of nitrogens with one attached hydrogen (secondary N) is 1. The highest BCUT2D eigenvalue weighted by molar-refractivity contribution is 6.32. The number of methoxy groups -OCH3 is 1. The molecule has 0 aliphatic carbocycles. The number of hydrogen-bond acceptors (Lipinski definition) is 3. The van der Waals surface area contributed by atoms with Crippen LogP contribution in [0.3, 0.4) is 0 Å². The molecule has 1 amide bonds. The van der Waals surface area contributed by atoms with Crippen molar-refractivity contribution < 1.29 is 14.3 Å². The van der Waals surface area contributed by atoms with Crippen LogP contribution >= 0.6 is 11.6 Å². The topological polar surface area (TPSA) is 47.6 Å². The fourth-order valence-electron chi connectivity index (χ4n) is 2.22. The Hall–Kier alpha value is -2.20. The SMILES string of the molecule is COc1cc(C(=O)Nc2ccc(C)c(C)c2)cc(Cl)c1OC(C)C. The molecule has 2 aromatic rings. The average molecular weight is 348 g/mol. The van der Waals surface area contributed by atoms with E-state index in [0.29, 0.717) is 22.1 Å². The maximum atomic E-state index is 12.5. The first-order chi connectivity index (χ1) is 11.3. The van der Waals surface area contributed by atoms with Crippen LogP contribution in [0.1, 0.15) is 35.3 Å². The van der Waals surface area contributed by atoms with Crippen LogP contribution in [-0.4, -0.2) is 19.1 Å². The predicted molar refractivity (Wildman–Crippen MR) is 97.6 cm³/mol. The Balaban J connectivity index is 2.29. The van der Waals surface area contributed by atoms with Gasteiger partial charge in [0.2, 0.25) is 0 Å². The highest BCUT2D eigenvalue weighted by Crippen LogP contribution is 2.37. The number of rotatable bonds is 5. The summed E-state index contributed by atoms with van der Waals surface area (Å²) in [4.78, 5) is 12.5. The minimum Gasteiger partial charge on any atom is -0.493 e. The summed E-state index contributed by atoms with van der Waals surface area (Å²) in [5.74, 6) is 0.618. The highest BCUT2D eigenvalue weighted by Gasteiger charge is 2.17. The number of amides is 1. The molecule has 0 bridgehead atoms. The normalized spacial score (nSPS) is 10.6. The van der Waals surface area contributed by atoms with Crippen molar-refractivity contribution in [1.29, 1.82) is 0 Å². The zero-order valence-corrected chi connectivity index (χ0v) is 15.3. The molecule has 0 aromatic heterocycles. The molecule has 0 unspecified atom stereocenters. The molecule has 0 aliphatic heterocycles. The van der Waals surface area contributed by atoms with Gasteiger partial charge in [-0.1, -0.05) is 17.7 Å². The Morgan fingerprint density at radius 2 is 1.83 bits per heavy atom. The van der Waals surface area contributed by atoms with E-state index >= 15 is 0 Å². The van der Waals surface area contributed by atoms with E-state index in [1.807, 2.05) is 45.9 Å². The third-order valence-corrected chi connectivity index (χ3v) is 3.89. The van der Waals surface area contributed by atoms with Crippen LogP contribution in [0.5, 0.6) is 11.5 Å². The lowest BCUT2D eigenvalue weighted by Crippen LogP contribution is -2.13. The number of carbonyl (C=O) groups is 1. The summed E-state index contributed by atoms with van der Waals surface area (Å²) in [6, 6.07) is 8.98. The van der Waals surface area contributed by atoms with Crippen molar-refractivity contribution in [1.82, 2.24) is 0 Å². The zero-order chi connectivity index (χ0) is 17.9. The van der Waals surface area contributed by atoms with E-state index in [9.17, 15) is 4.79 Å². The fourth-order valence-corrected chi connectivity index (χ4v) is 2.48. The Labute approximate surface area is 147 Å². The van der Waals surface area contributed by atoms with Gasteiger partial charge in [-0.15, -0.1) is 0 Å². The van der Waals surface area contributed by atoms with Crippen LogP contribution < -0.4 is 14.8 Å². The van der Waals surface area contributed by atoms with Crippen molar-refractivity contribution in [2.24, 2.45) is 0 Å². The average Bonchev–Trinajstić information content (AvgIpc) is 2.52. The van der Waals surface area contributed by atoms with Gasteiger partial charge in [-0.3, -0.25) is 4.79 Å². The minimum absolute atomic E-state index is 0.0494. The molecular formula is C19H22ClNO3. The van der Waals surface area contributed by atoms with E-state index in [1.54, 1.807) is 12.1 Å². The second-order valence-corrected chi connectivity index (χ2v) is 6.32. The summed E-state index contributed by atoms with van der Waals surface area (Å²) in [5, 5.41) is 3.21. The van der Waals surface area contributed by atoms with Crippen LogP contribution in [0.2, 0.25) is 5.02 Å². The molecule has 0 aliphatic rings. The smallest absolute Gasteiger partial charge is 0.255 e. The van der Waals surface area contributed by atoms with Gasteiger partial charge in [0.05, 0.1) is 18.2 Å². The number of benzene rings is 2. The Morgan fingerprint density at radius 3 is 2.42 bits per heavy atom. The van der Waals surface area contributed by atoms with Crippen LogP contribution in [0, 0.1) is 13.8 Å². The predicted octanol–water partition coefficient (Wildman–Crippen LogP) is 5.00. The van der Waals surface area contributed by atoms with Gasteiger partial charge in [0.15, 0.2) is 11.5 Å². The number of ether oxygens (including phenoxy) is 2. The number of carbonyl (C=O) groups excluding carboxylic acids is 1. The first-order valence-electron chi connectivity index (χ1n) is 7.74. The Bertz CT molecular complexity index is 757. The molecule has 2 rings (SSSR count). The van der Waals surface area contributed by atoms with Crippen molar-refractivity contribution in [2.75, 3.05) is 12.4 Å². The molecule has 2 aromatic carbocycles. The van der Waals surface area contributed by atoms with E-state index in [4.69, 9.17) is 21.1 Å². The van der Waals surface area contributed by atoms with Crippen molar-refractivity contribution in [2.45, 2.75) is 33.8 Å². The largest absolute Gasteiger partial charge is 0.493 e. The first kappa shape index (κ1) is 18.1. The van der Waals surface area contributed by atoms with Crippen LogP contribution in [-0.2, 0) is 0 Å². The Kier molecular flexibility index (Phi) is 5.73. The van der Waals surface area contributed by atoms with E-state index in [-0.39, 0.29) is 12.0 Å². The third kappa shape index (κ3) is 4.20. The summed E-state index contributed by atoms with van der Waals surface area (Å²) in [6.07, 6.45) is -0.0494. The van der Waals surface area contributed by atoms with E-state index in [2.05, 4.69) is 5.32 Å². The van der Waals surface area contributed by atoms with E-state index < -0.39 is 0 Å².